The van der Waals surface area contributed by atoms with Crippen molar-refractivity contribution in [2.24, 2.45) is 0 Å². The molecule has 1 aliphatic carbocycles. The molecule has 1 aromatic rings. The van der Waals surface area contributed by atoms with E-state index in [1.54, 1.807) is 0 Å². The van der Waals surface area contributed by atoms with Crippen LogP contribution in [0.3, 0.4) is 0 Å². The van der Waals surface area contributed by atoms with Gasteiger partial charge in [-0.3, -0.25) is 4.79 Å². The van der Waals surface area contributed by atoms with E-state index in [2.05, 4.69) is 15.3 Å². The molecule has 1 aromatic heterocycles. The zero-order valence-corrected chi connectivity index (χ0v) is 8.14. The molecule has 2 heterocycles. The van der Waals surface area contributed by atoms with Crippen molar-refractivity contribution in [2.75, 3.05) is 5.32 Å². The zero-order chi connectivity index (χ0) is 9.76. The molecule has 72 valence electrons. The van der Waals surface area contributed by atoms with E-state index in [0.717, 1.165) is 24.8 Å². The minimum absolute atomic E-state index is 0.0288. The van der Waals surface area contributed by atoms with E-state index in [1.165, 1.54) is 6.33 Å². The van der Waals surface area contributed by atoms with Crippen molar-refractivity contribution in [3.05, 3.63) is 17.0 Å². The number of nitrogens with one attached hydrogen (secondary N) is 1. The molecule has 1 fully saturated rings. The van der Waals surface area contributed by atoms with E-state index in [9.17, 15) is 4.79 Å². The molecule has 1 spiro atoms. The molecular formula is C9H8ClN3O. The van der Waals surface area contributed by atoms with Crippen LogP contribution in [0.1, 0.15) is 24.8 Å². The van der Waals surface area contributed by atoms with E-state index in [0.29, 0.717) is 11.0 Å². The van der Waals surface area contributed by atoms with Crippen LogP contribution in [0.2, 0.25) is 5.15 Å². The topological polar surface area (TPSA) is 54.9 Å². The van der Waals surface area contributed by atoms with Crippen LogP contribution in [0.4, 0.5) is 5.82 Å². The lowest BCUT2D eigenvalue weighted by molar-refractivity contribution is -0.123. The summed E-state index contributed by atoms with van der Waals surface area (Å²) in [7, 11) is 0. The van der Waals surface area contributed by atoms with E-state index in [-0.39, 0.29) is 5.91 Å². The van der Waals surface area contributed by atoms with Gasteiger partial charge in [0, 0.05) is 5.56 Å². The van der Waals surface area contributed by atoms with Gasteiger partial charge >= 0.3 is 0 Å². The molecule has 5 heteroatoms. The monoisotopic (exact) mass is 209 g/mol. The molecule has 0 bridgehead atoms. The summed E-state index contributed by atoms with van der Waals surface area (Å²) in [5.74, 6) is 0.621. The third kappa shape index (κ3) is 0.773. The molecule has 1 aliphatic heterocycles. The highest BCUT2D eigenvalue weighted by molar-refractivity contribution is 6.31. The summed E-state index contributed by atoms with van der Waals surface area (Å²) >= 11 is 5.99. The second-order valence-corrected chi connectivity index (χ2v) is 4.14. The van der Waals surface area contributed by atoms with E-state index < -0.39 is 5.41 Å². The van der Waals surface area contributed by atoms with Gasteiger partial charge in [-0.15, -0.1) is 0 Å². The number of anilines is 1. The van der Waals surface area contributed by atoms with E-state index >= 15 is 0 Å². The number of hydrogen-bond donors (Lipinski definition) is 1. The predicted molar refractivity (Wildman–Crippen MR) is 51.2 cm³/mol. The number of halogens is 1. The number of nitrogens with zero attached hydrogens (tertiary/aromatic N) is 2. The Morgan fingerprint density at radius 2 is 2.21 bits per heavy atom. The second kappa shape index (κ2) is 2.45. The molecule has 1 saturated carbocycles. The molecule has 14 heavy (non-hydrogen) atoms. The Balaban J connectivity index is 2.25. The molecule has 0 atom stereocenters. The lowest BCUT2D eigenvalue weighted by atomic mass is 9.66. The minimum Gasteiger partial charge on any atom is -0.310 e. The van der Waals surface area contributed by atoms with Crippen molar-refractivity contribution >= 4 is 23.3 Å². The Morgan fingerprint density at radius 1 is 1.43 bits per heavy atom. The fraction of sp³-hybridized carbons (Fsp3) is 0.444. The first kappa shape index (κ1) is 8.17. The van der Waals surface area contributed by atoms with Gasteiger partial charge in [0.2, 0.25) is 5.91 Å². The summed E-state index contributed by atoms with van der Waals surface area (Å²) in [5.41, 5.74) is 0.395. The largest absolute Gasteiger partial charge is 0.310 e. The highest BCUT2D eigenvalue weighted by Crippen LogP contribution is 2.52. The van der Waals surface area contributed by atoms with Gasteiger partial charge in [0.05, 0.1) is 5.41 Å². The third-order valence-corrected chi connectivity index (χ3v) is 3.44. The Morgan fingerprint density at radius 3 is 2.86 bits per heavy atom. The number of hydrogen-bond acceptors (Lipinski definition) is 3. The highest BCUT2D eigenvalue weighted by atomic mass is 35.5. The summed E-state index contributed by atoms with van der Waals surface area (Å²) in [6.07, 6.45) is 4.16. The Bertz CT molecular complexity index is 428. The van der Waals surface area contributed by atoms with Gasteiger partial charge in [-0.1, -0.05) is 18.0 Å². The van der Waals surface area contributed by atoms with Crippen LogP contribution in [-0.4, -0.2) is 15.9 Å². The summed E-state index contributed by atoms with van der Waals surface area (Å²) in [6, 6.07) is 0. The number of aromatic nitrogens is 2. The van der Waals surface area contributed by atoms with Gasteiger partial charge in [0.15, 0.2) is 0 Å². The molecule has 2 aliphatic rings. The SMILES string of the molecule is O=C1Nc2ncnc(Cl)c2C12CCC2. The zero-order valence-electron chi connectivity index (χ0n) is 7.38. The first-order chi connectivity index (χ1) is 6.74. The highest BCUT2D eigenvalue weighted by Gasteiger charge is 2.53. The summed E-state index contributed by atoms with van der Waals surface area (Å²) in [5, 5.41) is 3.17. The number of fused-ring (bicyclic) bond motifs is 2. The van der Waals surface area contributed by atoms with Gasteiger partial charge in [0.1, 0.15) is 17.3 Å². The maximum Gasteiger partial charge on any atom is 0.236 e. The Labute approximate surface area is 85.7 Å². The quantitative estimate of drug-likeness (QED) is 0.659. The molecule has 1 amide bonds. The molecular weight excluding hydrogens is 202 g/mol. The Kier molecular flexibility index (Phi) is 1.43. The summed E-state index contributed by atoms with van der Waals surface area (Å²) < 4.78 is 0. The van der Waals surface area contributed by atoms with Gasteiger partial charge < -0.3 is 5.32 Å². The maximum atomic E-state index is 11.7. The maximum absolute atomic E-state index is 11.7. The van der Waals surface area contributed by atoms with E-state index in [1.807, 2.05) is 0 Å². The normalized spacial score (nSPS) is 21.6. The van der Waals surface area contributed by atoms with E-state index in [4.69, 9.17) is 11.6 Å². The summed E-state index contributed by atoms with van der Waals surface area (Å²) in [4.78, 5) is 19.7. The standard InChI is InChI=1S/C9H8ClN3O/c10-6-5-7(12-4-11-6)13-8(14)9(5)2-1-3-9/h4H,1-3H2,(H,11,12,13,14). The van der Waals surface area contributed by atoms with Crippen molar-refractivity contribution in [1.82, 2.24) is 9.97 Å². The number of amides is 1. The molecule has 0 aromatic carbocycles. The molecule has 1 N–H and O–H groups in total. The second-order valence-electron chi connectivity index (χ2n) is 3.78. The van der Waals surface area contributed by atoms with Crippen LogP contribution in [0.5, 0.6) is 0 Å². The molecule has 0 unspecified atom stereocenters. The van der Waals surface area contributed by atoms with Crippen LogP contribution >= 0.6 is 11.6 Å². The van der Waals surface area contributed by atoms with Gasteiger partial charge in [-0.25, -0.2) is 9.97 Å². The fourth-order valence-corrected chi connectivity index (χ4v) is 2.55. The molecule has 4 nitrogen and oxygen atoms in total. The van der Waals surface area contributed by atoms with Crippen molar-refractivity contribution in [3.63, 3.8) is 0 Å². The molecule has 3 rings (SSSR count). The smallest absolute Gasteiger partial charge is 0.236 e. The van der Waals surface area contributed by atoms with Crippen LogP contribution < -0.4 is 5.32 Å². The number of carbonyl (C=O) groups excluding carboxylic acids is 1. The minimum atomic E-state index is -0.409. The average Bonchev–Trinajstić information content (AvgIpc) is 2.37. The van der Waals surface area contributed by atoms with Crippen molar-refractivity contribution in [2.45, 2.75) is 24.7 Å². The van der Waals surface area contributed by atoms with Crippen LogP contribution in [0, 0.1) is 0 Å². The predicted octanol–water partition coefficient (Wildman–Crippen LogP) is 1.50. The lowest BCUT2D eigenvalue weighted by Gasteiger charge is -2.35. The van der Waals surface area contributed by atoms with Gasteiger partial charge in [-0.2, -0.15) is 0 Å². The average molecular weight is 210 g/mol. The van der Waals surface area contributed by atoms with Crippen LogP contribution in [0.15, 0.2) is 6.33 Å². The van der Waals surface area contributed by atoms with Crippen molar-refractivity contribution < 1.29 is 4.79 Å². The van der Waals surface area contributed by atoms with Gasteiger partial charge in [-0.05, 0) is 12.8 Å². The van der Waals surface area contributed by atoms with Crippen molar-refractivity contribution in [1.29, 1.82) is 0 Å². The first-order valence-corrected chi connectivity index (χ1v) is 4.94. The first-order valence-electron chi connectivity index (χ1n) is 4.56. The Hall–Kier alpha value is -1.16. The number of carbonyl (C=O) groups is 1. The fourth-order valence-electron chi connectivity index (χ4n) is 2.23. The van der Waals surface area contributed by atoms with Gasteiger partial charge in [0.25, 0.3) is 0 Å². The molecule has 0 radical (unpaired) electrons. The van der Waals surface area contributed by atoms with Crippen molar-refractivity contribution in [3.8, 4) is 0 Å². The van der Waals surface area contributed by atoms with Crippen LogP contribution in [0.25, 0.3) is 0 Å². The lowest BCUT2D eigenvalue weighted by Crippen LogP contribution is -2.41. The van der Waals surface area contributed by atoms with Crippen LogP contribution in [-0.2, 0) is 10.2 Å². The number of rotatable bonds is 0. The molecule has 0 saturated heterocycles. The summed E-state index contributed by atoms with van der Waals surface area (Å²) in [6.45, 7) is 0. The third-order valence-electron chi connectivity index (χ3n) is 3.15.